The van der Waals surface area contributed by atoms with E-state index in [1.54, 1.807) is 4.90 Å². The Labute approximate surface area is 119 Å². The van der Waals surface area contributed by atoms with Gasteiger partial charge in [0.15, 0.2) is 0 Å². The Morgan fingerprint density at radius 3 is 2.89 bits per heavy atom. The average molecular weight is 281 g/mol. The Bertz CT molecular complexity index is 444. The minimum absolute atomic E-state index is 0.00978. The van der Waals surface area contributed by atoms with Crippen molar-refractivity contribution in [2.45, 2.75) is 25.8 Å². The summed E-state index contributed by atoms with van der Waals surface area (Å²) in [6.07, 6.45) is 1.72. The quantitative estimate of drug-likeness (QED) is 0.920. The van der Waals surface area contributed by atoms with Crippen LogP contribution in [0.2, 0.25) is 5.02 Å². The maximum Gasteiger partial charge on any atom is 0.223 e. The molecular formula is C15H21ClN2O. The van der Waals surface area contributed by atoms with Crippen LogP contribution in [-0.4, -0.2) is 30.9 Å². The lowest BCUT2D eigenvalue weighted by Gasteiger charge is -2.27. The Kier molecular flexibility index (Phi) is 4.83. The van der Waals surface area contributed by atoms with Crippen molar-refractivity contribution in [3.8, 4) is 0 Å². The van der Waals surface area contributed by atoms with Gasteiger partial charge in [0, 0.05) is 18.5 Å². The molecule has 4 heteroatoms. The molecule has 0 aliphatic carbocycles. The molecule has 3 nitrogen and oxygen atoms in total. The highest BCUT2D eigenvalue weighted by molar-refractivity contribution is 6.31. The fourth-order valence-electron chi connectivity index (χ4n) is 2.52. The molecule has 1 heterocycles. The zero-order chi connectivity index (χ0) is 13.8. The third-order valence-corrected chi connectivity index (χ3v) is 4.30. The van der Waals surface area contributed by atoms with E-state index in [4.69, 9.17) is 11.6 Å². The number of rotatable bonds is 4. The largest absolute Gasteiger partial charge is 0.339 e. The van der Waals surface area contributed by atoms with Crippen molar-refractivity contribution < 1.29 is 4.79 Å². The van der Waals surface area contributed by atoms with E-state index in [0.29, 0.717) is 12.3 Å². The van der Waals surface area contributed by atoms with Crippen LogP contribution in [0.4, 0.5) is 0 Å². The van der Waals surface area contributed by atoms with Crippen LogP contribution >= 0.6 is 11.6 Å². The second-order valence-electron chi connectivity index (χ2n) is 5.27. The van der Waals surface area contributed by atoms with Crippen LogP contribution in [-0.2, 0) is 4.79 Å². The number of carbonyl (C=O) groups excluding carboxylic acids is 1. The van der Waals surface area contributed by atoms with Gasteiger partial charge in [-0.2, -0.15) is 0 Å². The van der Waals surface area contributed by atoms with Gasteiger partial charge in [0.1, 0.15) is 0 Å². The summed E-state index contributed by atoms with van der Waals surface area (Å²) in [5.74, 6) is 0.675. The molecule has 1 aromatic carbocycles. The standard InChI is InChI=1S/C15H21ClN2O/c1-11(13-5-3-4-6-14(13)16)18(2)15(19)9-12-7-8-17-10-12/h3-6,11-12,17H,7-10H2,1-2H3/t11-,12+/m1/s1. The average Bonchev–Trinajstić information content (AvgIpc) is 2.90. The van der Waals surface area contributed by atoms with Crippen LogP contribution < -0.4 is 5.32 Å². The van der Waals surface area contributed by atoms with Crippen LogP contribution in [0.5, 0.6) is 0 Å². The number of halogens is 1. The number of nitrogens with zero attached hydrogens (tertiary/aromatic N) is 1. The molecule has 104 valence electrons. The Hall–Kier alpha value is -1.06. The summed E-state index contributed by atoms with van der Waals surface area (Å²) in [5, 5.41) is 4.01. The van der Waals surface area contributed by atoms with Gasteiger partial charge >= 0.3 is 0 Å². The molecule has 2 atom stereocenters. The molecular weight excluding hydrogens is 260 g/mol. The van der Waals surface area contributed by atoms with Crippen molar-refractivity contribution in [3.63, 3.8) is 0 Å². The number of amides is 1. The second kappa shape index (κ2) is 6.40. The lowest BCUT2D eigenvalue weighted by Crippen LogP contribution is -2.31. The summed E-state index contributed by atoms with van der Waals surface area (Å²) >= 11 is 6.19. The first-order chi connectivity index (χ1) is 9.09. The lowest BCUT2D eigenvalue weighted by atomic mass is 10.0. The van der Waals surface area contributed by atoms with Crippen molar-refractivity contribution in [1.29, 1.82) is 0 Å². The van der Waals surface area contributed by atoms with Gasteiger partial charge in [0.2, 0.25) is 5.91 Å². The molecule has 0 bridgehead atoms. The molecule has 0 unspecified atom stereocenters. The maximum atomic E-state index is 12.3. The van der Waals surface area contributed by atoms with E-state index in [-0.39, 0.29) is 11.9 Å². The van der Waals surface area contributed by atoms with E-state index >= 15 is 0 Å². The van der Waals surface area contributed by atoms with Gasteiger partial charge in [-0.05, 0) is 44.0 Å². The van der Waals surface area contributed by atoms with Gasteiger partial charge in [-0.15, -0.1) is 0 Å². The van der Waals surface area contributed by atoms with Crippen LogP contribution in [0.15, 0.2) is 24.3 Å². The number of benzene rings is 1. The van der Waals surface area contributed by atoms with Gasteiger partial charge in [-0.25, -0.2) is 0 Å². The zero-order valence-electron chi connectivity index (χ0n) is 11.5. The fraction of sp³-hybridized carbons (Fsp3) is 0.533. The van der Waals surface area contributed by atoms with Gasteiger partial charge in [0.25, 0.3) is 0 Å². The summed E-state index contributed by atoms with van der Waals surface area (Å²) in [4.78, 5) is 14.1. The smallest absolute Gasteiger partial charge is 0.223 e. The van der Waals surface area contributed by atoms with Crippen LogP contribution in [0.25, 0.3) is 0 Å². The van der Waals surface area contributed by atoms with Crippen molar-refractivity contribution in [3.05, 3.63) is 34.9 Å². The maximum absolute atomic E-state index is 12.3. The molecule has 1 saturated heterocycles. The molecule has 1 aliphatic heterocycles. The highest BCUT2D eigenvalue weighted by Gasteiger charge is 2.23. The Morgan fingerprint density at radius 1 is 1.53 bits per heavy atom. The van der Waals surface area contributed by atoms with Crippen molar-refractivity contribution in [2.75, 3.05) is 20.1 Å². The summed E-state index contributed by atoms with van der Waals surface area (Å²) in [6.45, 7) is 4.01. The highest BCUT2D eigenvalue weighted by atomic mass is 35.5. The molecule has 1 amide bonds. The highest BCUT2D eigenvalue weighted by Crippen LogP contribution is 2.27. The van der Waals surface area contributed by atoms with Crippen LogP contribution in [0, 0.1) is 5.92 Å². The number of hydrogen-bond acceptors (Lipinski definition) is 2. The Balaban J connectivity index is 2.00. The minimum Gasteiger partial charge on any atom is -0.339 e. The minimum atomic E-state index is 0.00978. The van der Waals surface area contributed by atoms with E-state index in [0.717, 1.165) is 30.1 Å². The van der Waals surface area contributed by atoms with E-state index in [1.807, 2.05) is 38.2 Å². The Morgan fingerprint density at radius 2 is 2.26 bits per heavy atom. The van der Waals surface area contributed by atoms with Crippen LogP contribution in [0.1, 0.15) is 31.4 Å². The third kappa shape index (κ3) is 3.48. The summed E-state index contributed by atoms with van der Waals surface area (Å²) < 4.78 is 0. The molecule has 1 aliphatic rings. The normalized spacial score (nSPS) is 20.3. The first-order valence-electron chi connectivity index (χ1n) is 6.80. The molecule has 0 aromatic heterocycles. The van der Waals surface area contributed by atoms with Gasteiger partial charge < -0.3 is 10.2 Å². The first-order valence-corrected chi connectivity index (χ1v) is 7.18. The lowest BCUT2D eigenvalue weighted by molar-refractivity contribution is -0.132. The summed E-state index contributed by atoms with van der Waals surface area (Å²) in [7, 11) is 1.86. The molecule has 1 N–H and O–H groups in total. The molecule has 2 rings (SSSR count). The van der Waals surface area contributed by atoms with E-state index in [2.05, 4.69) is 5.32 Å². The van der Waals surface area contributed by atoms with E-state index < -0.39 is 0 Å². The van der Waals surface area contributed by atoms with Crippen molar-refractivity contribution in [2.24, 2.45) is 5.92 Å². The molecule has 1 aromatic rings. The third-order valence-electron chi connectivity index (χ3n) is 3.96. The van der Waals surface area contributed by atoms with Crippen molar-refractivity contribution in [1.82, 2.24) is 10.2 Å². The van der Waals surface area contributed by atoms with Gasteiger partial charge in [-0.1, -0.05) is 29.8 Å². The second-order valence-corrected chi connectivity index (χ2v) is 5.67. The predicted molar refractivity (Wildman–Crippen MR) is 78.2 cm³/mol. The zero-order valence-corrected chi connectivity index (χ0v) is 12.3. The fourth-order valence-corrected chi connectivity index (χ4v) is 2.81. The summed E-state index contributed by atoms with van der Waals surface area (Å²) in [6, 6.07) is 7.72. The molecule has 0 spiro atoms. The SMILES string of the molecule is C[C@H](c1ccccc1Cl)N(C)C(=O)C[C@@H]1CCNC1. The number of carbonyl (C=O) groups is 1. The molecule has 0 saturated carbocycles. The summed E-state index contributed by atoms with van der Waals surface area (Å²) in [5.41, 5.74) is 1.00. The monoisotopic (exact) mass is 280 g/mol. The van der Waals surface area contributed by atoms with Gasteiger partial charge in [0.05, 0.1) is 6.04 Å². The van der Waals surface area contributed by atoms with Crippen LogP contribution in [0.3, 0.4) is 0 Å². The molecule has 0 radical (unpaired) electrons. The molecule has 19 heavy (non-hydrogen) atoms. The van der Waals surface area contributed by atoms with Gasteiger partial charge in [-0.3, -0.25) is 4.79 Å². The topological polar surface area (TPSA) is 32.3 Å². The van der Waals surface area contributed by atoms with E-state index in [9.17, 15) is 4.79 Å². The number of hydrogen-bond donors (Lipinski definition) is 1. The van der Waals surface area contributed by atoms with Crippen molar-refractivity contribution >= 4 is 17.5 Å². The number of nitrogens with one attached hydrogen (secondary N) is 1. The predicted octanol–water partition coefficient (Wildman–Crippen LogP) is 2.86. The first kappa shape index (κ1) is 14.4. The molecule has 1 fully saturated rings. The van der Waals surface area contributed by atoms with E-state index in [1.165, 1.54) is 0 Å².